The predicted molar refractivity (Wildman–Crippen MR) is 114 cm³/mol. The molecule has 0 bridgehead atoms. The van der Waals surface area contributed by atoms with Crippen molar-refractivity contribution in [1.82, 2.24) is 9.88 Å². The predicted octanol–water partition coefficient (Wildman–Crippen LogP) is 4.80. The molecule has 0 saturated carbocycles. The second-order valence-corrected chi connectivity index (χ2v) is 8.62. The third kappa shape index (κ3) is 5.38. The van der Waals surface area contributed by atoms with Gasteiger partial charge in [0.1, 0.15) is 5.82 Å². The molecule has 2 fully saturated rings. The maximum absolute atomic E-state index is 13.0. The number of rotatable bonds is 4. The second-order valence-electron chi connectivity index (χ2n) is 8.62. The number of nitrogens with zero attached hydrogens (tertiary/aromatic N) is 3. The molecule has 0 atom stereocenters. The van der Waals surface area contributed by atoms with Crippen LogP contribution < -0.4 is 4.90 Å². The molecule has 0 spiro atoms. The van der Waals surface area contributed by atoms with Gasteiger partial charge in [-0.05, 0) is 55.7 Å². The van der Waals surface area contributed by atoms with Gasteiger partial charge >= 0.3 is 6.18 Å². The first-order valence-electron chi connectivity index (χ1n) is 11.0. The van der Waals surface area contributed by atoms with E-state index in [-0.39, 0.29) is 11.8 Å². The third-order valence-corrected chi connectivity index (χ3v) is 6.54. The number of aromatic nitrogens is 1. The zero-order valence-corrected chi connectivity index (χ0v) is 17.5. The molecule has 1 aromatic carbocycles. The highest BCUT2D eigenvalue weighted by Gasteiger charge is 2.33. The van der Waals surface area contributed by atoms with Gasteiger partial charge in [0, 0.05) is 38.3 Å². The molecule has 2 aliphatic rings. The first-order chi connectivity index (χ1) is 14.9. The van der Waals surface area contributed by atoms with Crippen molar-refractivity contribution in [2.45, 2.75) is 38.3 Å². The molecule has 0 aliphatic carbocycles. The van der Waals surface area contributed by atoms with Gasteiger partial charge in [-0.3, -0.25) is 4.79 Å². The minimum Gasteiger partial charge on any atom is -0.357 e. The van der Waals surface area contributed by atoms with Crippen LogP contribution in [-0.2, 0) is 17.4 Å². The van der Waals surface area contributed by atoms with Crippen molar-refractivity contribution in [2.24, 2.45) is 11.8 Å². The van der Waals surface area contributed by atoms with Crippen LogP contribution in [0.25, 0.3) is 0 Å². The van der Waals surface area contributed by atoms with Crippen LogP contribution in [0, 0.1) is 11.8 Å². The lowest BCUT2D eigenvalue weighted by Crippen LogP contribution is -2.45. The molecule has 31 heavy (non-hydrogen) atoms. The summed E-state index contributed by atoms with van der Waals surface area (Å²) in [5, 5.41) is 0. The lowest BCUT2D eigenvalue weighted by molar-refractivity contribution is -0.138. The highest BCUT2D eigenvalue weighted by atomic mass is 19.4. The van der Waals surface area contributed by atoms with E-state index in [0.29, 0.717) is 37.7 Å². The number of carbonyl (C=O) groups excluding carboxylic acids is 1. The van der Waals surface area contributed by atoms with E-state index in [2.05, 4.69) is 29.2 Å². The van der Waals surface area contributed by atoms with E-state index in [9.17, 15) is 18.0 Å². The van der Waals surface area contributed by atoms with Crippen molar-refractivity contribution in [2.75, 3.05) is 31.1 Å². The number of pyridine rings is 1. The minimum atomic E-state index is -4.38. The Kier molecular flexibility index (Phi) is 6.49. The molecule has 2 aliphatic heterocycles. The van der Waals surface area contributed by atoms with Gasteiger partial charge in [0.25, 0.3) is 0 Å². The summed E-state index contributed by atoms with van der Waals surface area (Å²) in [5.41, 5.74) is 0.619. The van der Waals surface area contributed by atoms with Crippen LogP contribution in [0.5, 0.6) is 0 Å². The number of amides is 1. The maximum Gasteiger partial charge on any atom is 0.417 e. The van der Waals surface area contributed by atoms with E-state index in [0.717, 1.165) is 44.6 Å². The first kappa shape index (κ1) is 21.7. The Labute approximate surface area is 181 Å². The van der Waals surface area contributed by atoms with E-state index in [1.807, 2.05) is 15.9 Å². The Morgan fingerprint density at radius 1 is 0.935 bits per heavy atom. The van der Waals surface area contributed by atoms with Crippen LogP contribution in [0.1, 0.15) is 36.8 Å². The highest BCUT2D eigenvalue weighted by molar-refractivity contribution is 5.79. The van der Waals surface area contributed by atoms with Gasteiger partial charge in [0.05, 0.1) is 5.56 Å². The fraction of sp³-hybridized carbons (Fsp3) is 0.500. The average molecular weight is 432 g/mol. The van der Waals surface area contributed by atoms with Crippen molar-refractivity contribution < 1.29 is 18.0 Å². The maximum atomic E-state index is 13.0. The standard InChI is InChI=1S/C24H28F3N3O/c25-24(26,27)21-6-7-22(28-17-21)29-14-10-20(11-15-29)23(31)30-12-8-19(9-13-30)16-18-4-2-1-3-5-18/h1-7,17,19-20H,8-16H2. The normalized spacial score (nSPS) is 18.9. The Bertz CT molecular complexity index is 854. The topological polar surface area (TPSA) is 36.4 Å². The van der Waals surface area contributed by atoms with Gasteiger partial charge in [-0.2, -0.15) is 13.2 Å². The largest absolute Gasteiger partial charge is 0.417 e. The number of carbonyl (C=O) groups is 1. The number of alkyl halides is 3. The number of likely N-dealkylation sites (tertiary alicyclic amines) is 1. The van der Waals surface area contributed by atoms with Gasteiger partial charge in [0.2, 0.25) is 5.91 Å². The molecule has 2 saturated heterocycles. The Hall–Kier alpha value is -2.57. The van der Waals surface area contributed by atoms with Gasteiger partial charge in [-0.25, -0.2) is 4.98 Å². The SMILES string of the molecule is O=C(C1CCN(c2ccc(C(F)(F)F)cn2)CC1)N1CCC(Cc2ccccc2)CC1. The number of hydrogen-bond donors (Lipinski definition) is 0. The molecule has 0 radical (unpaired) electrons. The summed E-state index contributed by atoms with van der Waals surface area (Å²) in [5.74, 6) is 1.40. The van der Waals surface area contributed by atoms with Gasteiger partial charge < -0.3 is 9.80 Å². The molecule has 3 heterocycles. The van der Waals surface area contributed by atoms with Gasteiger partial charge in [-0.1, -0.05) is 30.3 Å². The summed E-state index contributed by atoms with van der Waals surface area (Å²) in [6.07, 6.45) is 1.08. The number of hydrogen-bond acceptors (Lipinski definition) is 3. The molecule has 166 valence electrons. The smallest absolute Gasteiger partial charge is 0.357 e. The number of piperidine rings is 2. The number of benzene rings is 1. The zero-order valence-electron chi connectivity index (χ0n) is 17.5. The molecule has 7 heteroatoms. The van der Waals surface area contributed by atoms with E-state index in [1.165, 1.54) is 11.6 Å². The lowest BCUT2D eigenvalue weighted by atomic mass is 9.88. The van der Waals surface area contributed by atoms with E-state index < -0.39 is 11.7 Å². The summed E-state index contributed by atoms with van der Waals surface area (Å²) >= 11 is 0. The van der Waals surface area contributed by atoms with Crippen molar-refractivity contribution >= 4 is 11.7 Å². The van der Waals surface area contributed by atoms with Crippen LogP contribution in [0.4, 0.5) is 19.0 Å². The van der Waals surface area contributed by atoms with E-state index >= 15 is 0 Å². The molecule has 2 aromatic rings. The van der Waals surface area contributed by atoms with Crippen LogP contribution in [0.2, 0.25) is 0 Å². The number of halogens is 3. The molecule has 0 unspecified atom stereocenters. The van der Waals surface area contributed by atoms with E-state index in [4.69, 9.17) is 0 Å². The Morgan fingerprint density at radius 2 is 1.61 bits per heavy atom. The molecule has 1 amide bonds. The van der Waals surface area contributed by atoms with Crippen molar-refractivity contribution in [3.63, 3.8) is 0 Å². The second kappa shape index (κ2) is 9.28. The van der Waals surface area contributed by atoms with Crippen molar-refractivity contribution in [3.05, 3.63) is 59.8 Å². The van der Waals surface area contributed by atoms with Crippen molar-refractivity contribution in [3.8, 4) is 0 Å². The van der Waals surface area contributed by atoms with Crippen LogP contribution in [0.3, 0.4) is 0 Å². The number of anilines is 1. The third-order valence-electron chi connectivity index (χ3n) is 6.54. The summed E-state index contributed by atoms with van der Waals surface area (Å²) in [6.45, 7) is 2.91. The monoisotopic (exact) mass is 431 g/mol. The van der Waals surface area contributed by atoms with Crippen molar-refractivity contribution in [1.29, 1.82) is 0 Å². The first-order valence-corrected chi connectivity index (χ1v) is 11.0. The fourth-order valence-corrected chi connectivity index (χ4v) is 4.66. The highest BCUT2D eigenvalue weighted by Crippen LogP contribution is 2.31. The minimum absolute atomic E-state index is 0.00336. The molecular weight excluding hydrogens is 403 g/mol. The Balaban J connectivity index is 1.24. The quantitative estimate of drug-likeness (QED) is 0.698. The molecule has 4 nitrogen and oxygen atoms in total. The van der Waals surface area contributed by atoms with Gasteiger partial charge in [0.15, 0.2) is 0 Å². The van der Waals surface area contributed by atoms with Crippen LogP contribution in [0.15, 0.2) is 48.7 Å². The summed E-state index contributed by atoms with van der Waals surface area (Å²) in [4.78, 5) is 20.9. The zero-order chi connectivity index (χ0) is 21.8. The Morgan fingerprint density at radius 3 is 2.19 bits per heavy atom. The van der Waals surface area contributed by atoms with Crippen LogP contribution >= 0.6 is 0 Å². The molecular formula is C24H28F3N3O. The lowest BCUT2D eigenvalue weighted by Gasteiger charge is -2.37. The summed E-state index contributed by atoms with van der Waals surface area (Å²) in [6, 6.07) is 13.0. The fourth-order valence-electron chi connectivity index (χ4n) is 4.66. The van der Waals surface area contributed by atoms with Gasteiger partial charge in [-0.15, -0.1) is 0 Å². The van der Waals surface area contributed by atoms with E-state index in [1.54, 1.807) is 0 Å². The summed E-state index contributed by atoms with van der Waals surface area (Å²) in [7, 11) is 0. The molecule has 0 N–H and O–H groups in total. The van der Waals surface area contributed by atoms with Crippen LogP contribution in [-0.4, -0.2) is 42.0 Å². The summed E-state index contributed by atoms with van der Waals surface area (Å²) < 4.78 is 38.1. The molecule has 4 rings (SSSR count). The molecule has 1 aromatic heterocycles. The average Bonchev–Trinajstić information content (AvgIpc) is 2.79.